The maximum absolute atomic E-state index is 14.1. The fourth-order valence-corrected chi connectivity index (χ4v) is 3.87. The van der Waals surface area contributed by atoms with E-state index in [1.54, 1.807) is 18.5 Å². The van der Waals surface area contributed by atoms with Gasteiger partial charge in [0.25, 0.3) is 0 Å². The molecule has 0 saturated heterocycles. The van der Waals surface area contributed by atoms with Crippen molar-refractivity contribution >= 4 is 22.9 Å². The molecule has 1 aromatic carbocycles. The first-order valence-electron chi connectivity index (χ1n) is 8.98. The van der Waals surface area contributed by atoms with Crippen molar-refractivity contribution in [3.63, 3.8) is 0 Å². The smallest absolute Gasteiger partial charge is 0.353 e. The van der Waals surface area contributed by atoms with E-state index in [1.807, 2.05) is 13.0 Å². The summed E-state index contributed by atoms with van der Waals surface area (Å²) in [5, 5.41) is 0.854. The second-order valence-electron chi connectivity index (χ2n) is 6.82. The van der Waals surface area contributed by atoms with Crippen LogP contribution in [-0.2, 0) is 0 Å². The molecule has 0 radical (unpaired) electrons. The van der Waals surface area contributed by atoms with Gasteiger partial charge in [-0.2, -0.15) is 9.97 Å². The standard InChI is InChI=1S/C20H14ClFN4O2S/c1-10-23-9-16(29-10)19-25-18(17(28-19)12-4-5-13(21)14(22)8-12)26-7-6-15(11-2-3-11)24-20(26)27/h4-9,11H,2-3H2,1H3. The zero-order valence-electron chi connectivity index (χ0n) is 15.2. The molecule has 3 heterocycles. The Balaban J connectivity index is 1.69. The van der Waals surface area contributed by atoms with E-state index in [2.05, 4.69) is 15.0 Å². The highest BCUT2D eigenvalue weighted by Crippen LogP contribution is 2.39. The Labute approximate surface area is 173 Å². The molecule has 0 aliphatic heterocycles. The molecule has 1 aliphatic carbocycles. The molecule has 6 nitrogen and oxygen atoms in total. The third-order valence-electron chi connectivity index (χ3n) is 4.67. The number of hydrogen-bond donors (Lipinski definition) is 0. The number of rotatable bonds is 4. The highest BCUT2D eigenvalue weighted by atomic mass is 35.5. The molecule has 0 atom stereocenters. The maximum Gasteiger partial charge on any atom is 0.353 e. The Bertz CT molecular complexity index is 1290. The number of aromatic nitrogens is 4. The van der Waals surface area contributed by atoms with E-state index >= 15 is 0 Å². The largest absolute Gasteiger partial charge is 0.433 e. The van der Waals surface area contributed by atoms with Crippen LogP contribution in [0.4, 0.5) is 4.39 Å². The molecule has 9 heteroatoms. The van der Waals surface area contributed by atoms with Gasteiger partial charge in [0.15, 0.2) is 11.6 Å². The summed E-state index contributed by atoms with van der Waals surface area (Å²) in [6.07, 6.45) is 5.38. The number of aryl methyl sites for hydroxylation is 1. The van der Waals surface area contributed by atoms with E-state index in [4.69, 9.17) is 16.0 Å². The summed E-state index contributed by atoms with van der Waals surface area (Å²) in [4.78, 5) is 26.3. The van der Waals surface area contributed by atoms with Gasteiger partial charge in [-0.1, -0.05) is 11.6 Å². The van der Waals surface area contributed by atoms with Crippen molar-refractivity contribution < 1.29 is 8.81 Å². The van der Waals surface area contributed by atoms with Crippen molar-refractivity contribution in [1.29, 1.82) is 0 Å². The molecular formula is C20H14ClFN4O2S. The molecule has 0 bridgehead atoms. The zero-order chi connectivity index (χ0) is 20.1. The summed E-state index contributed by atoms with van der Waals surface area (Å²) in [6.45, 7) is 1.87. The average Bonchev–Trinajstić information content (AvgIpc) is 3.32. The van der Waals surface area contributed by atoms with Crippen molar-refractivity contribution in [1.82, 2.24) is 19.5 Å². The minimum Gasteiger partial charge on any atom is -0.433 e. The Hall–Kier alpha value is -2.84. The highest BCUT2D eigenvalue weighted by Gasteiger charge is 2.27. The van der Waals surface area contributed by atoms with E-state index in [9.17, 15) is 9.18 Å². The van der Waals surface area contributed by atoms with Crippen molar-refractivity contribution in [2.45, 2.75) is 25.7 Å². The number of halogens is 2. The molecule has 1 aliphatic rings. The highest BCUT2D eigenvalue weighted by molar-refractivity contribution is 7.14. The molecule has 0 amide bonds. The van der Waals surface area contributed by atoms with Gasteiger partial charge in [0.1, 0.15) is 10.7 Å². The zero-order valence-corrected chi connectivity index (χ0v) is 16.8. The van der Waals surface area contributed by atoms with Gasteiger partial charge in [0.2, 0.25) is 5.89 Å². The van der Waals surface area contributed by atoms with Crippen LogP contribution in [0.5, 0.6) is 0 Å². The van der Waals surface area contributed by atoms with Crippen LogP contribution in [0.15, 0.2) is 45.9 Å². The molecule has 4 aromatic rings. The Morgan fingerprint density at radius 2 is 2.10 bits per heavy atom. The van der Waals surface area contributed by atoms with Crippen LogP contribution in [0.1, 0.15) is 29.5 Å². The van der Waals surface area contributed by atoms with Crippen LogP contribution in [0, 0.1) is 12.7 Å². The molecule has 0 N–H and O–H groups in total. The molecule has 146 valence electrons. The third kappa shape index (κ3) is 3.38. The molecule has 1 saturated carbocycles. The predicted octanol–water partition coefficient (Wildman–Crippen LogP) is 4.99. The van der Waals surface area contributed by atoms with E-state index < -0.39 is 11.5 Å². The van der Waals surface area contributed by atoms with Gasteiger partial charge in [0.05, 0.1) is 21.9 Å². The van der Waals surface area contributed by atoms with Crippen molar-refractivity contribution in [2.75, 3.05) is 0 Å². The molecule has 1 fully saturated rings. The van der Waals surface area contributed by atoms with Crippen molar-refractivity contribution in [3.8, 4) is 27.9 Å². The predicted molar refractivity (Wildman–Crippen MR) is 108 cm³/mol. The van der Waals surface area contributed by atoms with E-state index in [-0.39, 0.29) is 16.6 Å². The van der Waals surface area contributed by atoms with Gasteiger partial charge in [-0.15, -0.1) is 11.3 Å². The molecule has 5 rings (SSSR count). The SMILES string of the molecule is Cc1ncc(-c2nc(-n3ccc(C4CC4)nc3=O)c(-c3ccc(Cl)c(F)c3)o2)s1. The van der Waals surface area contributed by atoms with Crippen LogP contribution >= 0.6 is 22.9 Å². The van der Waals surface area contributed by atoms with Crippen LogP contribution in [0.3, 0.4) is 0 Å². The van der Waals surface area contributed by atoms with Gasteiger partial charge in [0, 0.05) is 17.7 Å². The van der Waals surface area contributed by atoms with Crippen LogP contribution in [-0.4, -0.2) is 19.5 Å². The maximum atomic E-state index is 14.1. The molecule has 3 aromatic heterocycles. The van der Waals surface area contributed by atoms with Gasteiger partial charge >= 0.3 is 5.69 Å². The van der Waals surface area contributed by atoms with Crippen LogP contribution in [0.2, 0.25) is 5.02 Å². The lowest BCUT2D eigenvalue weighted by atomic mass is 10.1. The summed E-state index contributed by atoms with van der Waals surface area (Å²) in [5.74, 6) is 0.568. The van der Waals surface area contributed by atoms with Gasteiger partial charge < -0.3 is 4.42 Å². The van der Waals surface area contributed by atoms with E-state index in [0.29, 0.717) is 22.2 Å². The number of benzene rings is 1. The van der Waals surface area contributed by atoms with Gasteiger partial charge in [-0.25, -0.2) is 18.7 Å². The Morgan fingerprint density at radius 1 is 1.28 bits per heavy atom. The minimum absolute atomic E-state index is 0.000685. The van der Waals surface area contributed by atoms with Gasteiger partial charge in [-0.3, -0.25) is 0 Å². The second-order valence-corrected chi connectivity index (χ2v) is 8.47. The van der Waals surface area contributed by atoms with Gasteiger partial charge in [-0.05, 0) is 44.0 Å². The summed E-state index contributed by atoms with van der Waals surface area (Å²) >= 11 is 7.23. The monoisotopic (exact) mass is 428 g/mol. The molecular weight excluding hydrogens is 415 g/mol. The normalized spacial score (nSPS) is 13.8. The lowest BCUT2D eigenvalue weighted by Gasteiger charge is -2.05. The quantitative estimate of drug-likeness (QED) is 0.457. The van der Waals surface area contributed by atoms with Crippen LogP contribution < -0.4 is 5.69 Å². The summed E-state index contributed by atoms with van der Waals surface area (Å²) < 4.78 is 21.3. The summed E-state index contributed by atoms with van der Waals surface area (Å²) in [5.41, 5.74) is 0.748. The lowest BCUT2D eigenvalue weighted by molar-refractivity contribution is 0.586. The Morgan fingerprint density at radius 3 is 2.76 bits per heavy atom. The number of thiazole rings is 1. The summed E-state index contributed by atoms with van der Waals surface area (Å²) in [7, 11) is 0. The van der Waals surface area contributed by atoms with Crippen LogP contribution in [0.25, 0.3) is 27.9 Å². The molecule has 29 heavy (non-hydrogen) atoms. The first-order chi connectivity index (χ1) is 14.0. The fraction of sp³-hybridized carbons (Fsp3) is 0.200. The topological polar surface area (TPSA) is 73.8 Å². The average molecular weight is 429 g/mol. The van der Waals surface area contributed by atoms with E-state index in [1.165, 1.54) is 28.0 Å². The number of oxazole rings is 1. The lowest BCUT2D eigenvalue weighted by Crippen LogP contribution is -2.22. The molecule has 0 spiro atoms. The Kier molecular flexibility index (Phi) is 4.33. The fourth-order valence-electron chi connectivity index (χ4n) is 3.05. The number of hydrogen-bond acceptors (Lipinski definition) is 6. The number of nitrogens with zero attached hydrogens (tertiary/aromatic N) is 4. The van der Waals surface area contributed by atoms with Crippen molar-refractivity contribution in [3.05, 3.63) is 68.7 Å². The first-order valence-corrected chi connectivity index (χ1v) is 10.2. The van der Waals surface area contributed by atoms with E-state index in [0.717, 1.165) is 23.5 Å². The van der Waals surface area contributed by atoms with Crippen molar-refractivity contribution in [2.24, 2.45) is 0 Å². The minimum atomic E-state index is -0.587. The third-order valence-corrected chi connectivity index (χ3v) is 5.88. The first kappa shape index (κ1) is 18.2. The summed E-state index contributed by atoms with van der Waals surface area (Å²) in [6, 6.07) is 6.13. The molecule has 0 unspecified atom stereocenters. The second kappa shape index (κ2) is 6.89.